The summed E-state index contributed by atoms with van der Waals surface area (Å²) in [4.78, 5) is 12.1. The Bertz CT molecular complexity index is 651. The van der Waals surface area contributed by atoms with Crippen LogP contribution in [-0.4, -0.2) is 32.0 Å². The SMILES string of the molecule is CCn1c(S[C@@H](C)C(=O)NC2CC2)nnc1-c1ccccc1. The molecule has 0 aliphatic heterocycles. The van der Waals surface area contributed by atoms with Gasteiger partial charge in [-0.2, -0.15) is 0 Å². The maximum absolute atomic E-state index is 12.1. The molecule has 1 N–H and O–H groups in total. The van der Waals surface area contributed by atoms with Gasteiger partial charge >= 0.3 is 0 Å². The Balaban J connectivity index is 1.76. The van der Waals surface area contributed by atoms with Crippen LogP contribution in [0.15, 0.2) is 35.5 Å². The fourth-order valence-electron chi connectivity index (χ4n) is 2.22. The van der Waals surface area contributed by atoms with E-state index in [1.807, 2.05) is 37.3 Å². The molecule has 1 aliphatic carbocycles. The summed E-state index contributed by atoms with van der Waals surface area (Å²) in [6, 6.07) is 10.4. The zero-order valence-corrected chi connectivity index (χ0v) is 13.6. The first kappa shape index (κ1) is 15.1. The maximum atomic E-state index is 12.1. The van der Waals surface area contributed by atoms with Crippen LogP contribution in [0.1, 0.15) is 26.7 Å². The minimum atomic E-state index is -0.168. The van der Waals surface area contributed by atoms with E-state index in [2.05, 4.69) is 27.0 Å². The zero-order chi connectivity index (χ0) is 15.5. The lowest BCUT2D eigenvalue weighted by molar-refractivity contribution is -0.120. The van der Waals surface area contributed by atoms with Crippen molar-refractivity contribution in [3.8, 4) is 11.4 Å². The van der Waals surface area contributed by atoms with Gasteiger partial charge in [0.05, 0.1) is 5.25 Å². The molecule has 2 aromatic rings. The third kappa shape index (κ3) is 3.32. The lowest BCUT2D eigenvalue weighted by atomic mass is 10.2. The summed E-state index contributed by atoms with van der Waals surface area (Å²) >= 11 is 1.47. The molecule has 1 atom stereocenters. The Hall–Kier alpha value is -1.82. The van der Waals surface area contributed by atoms with E-state index < -0.39 is 0 Å². The molecule has 0 unspecified atom stereocenters. The van der Waals surface area contributed by atoms with Crippen molar-refractivity contribution in [2.24, 2.45) is 0 Å². The fraction of sp³-hybridized carbons (Fsp3) is 0.438. The maximum Gasteiger partial charge on any atom is 0.233 e. The van der Waals surface area contributed by atoms with Gasteiger partial charge in [0, 0.05) is 18.2 Å². The van der Waals surface area contributed by atoms with Crippen LogP contribution in [0.4, 0.5) is 0 Å². The molecule has 5 nitrogen and oxygen atoms in total. The topological polar surface area (TPSA) is 59.8 Å². The highest BCUT2D eigenvalue weighted by atomic mass is 32.2. The third-order valence-electron chi connectivity index (χ3n) is 3.64. The molecule has 1 saturated carbocycles. The van der Waals surface area contributed by atoms with Crippen molar-refractivity contribution in [3.63, 3.8) is 0 Å². The molecule has 22 heavy (non-hydrogen) atoms. The monoisotopic (exact) mass is 316 g/mol. The quantitative estimate of drug-likeness (QED) is 0.833. The standard InChI is InChI=1S/C16H20N4OS/c1-3-20-14(12-7-5-4-6-8-12)18-19-16(20)22-11(2)15(21)17-13-9-10-13/h4-8,11,13H,3,9-10H2,1-2H3,(H,17,21)/t11-/m0/s1. The number of amides is 1. The highest BCUT2D eigenvalue weighted by Crippen LogP contribution is 2.27. The molecule has 0 radical (unpaired) electrons. The van der Waals surface area contributed by atoms with Crippen molar-refractivity contribution in [1.82, 2.24) is 20.1 Å². The average Bonchev–Trinajstić information content (AvgIpc) is 3.26. The second-order valence-corrected chi connectivity index (χ2v) is 6.77. The largest absolute Gasteiger partial charge is 0.352 e. The van der Waals surface area contributed by atoms with E-state index in [0.29, 0.717) is 6.04 Å². The molecule has 1 fully saturated rings. The van der Waals surface area contributed by atoms with Gasteiger partial charge < -0.3 is 9.88 Å². The Morgan fingerprint density at radius 2 is 2.09 bits per heavy atom. The molecule has 0 spiro atoms. The van der Waals surface area contributed by atoms with Crippen molar-refractivity contribution >= 4 is 17.7 Å². The molecular weight excluding hydrogens is 296 g/mol. The Labute approximate surface area is 134 Å². The first-order valence-electron chi connectivity index (χ1n) is 7.64. The molecule has 1 aliphatic rings. The van der Waals surface area contributed by atoms with Crippen molar-refractivity contribution in [2.75, 3.05) is 0 Å². The van der Waals surface area contributed by atoms with Crippen LogP contribution >= 0.6 is 11.8 Å². The van der Waals surface area contributed by atoms with Crippen LogP contribution in [0.3, 0.4) is 0 Å². The summed E-state index contributed by atoms with van der Waals surface area (Å²) < 4.78 is 2.06. The van der Waals surface area contributed by atoms with Gasteiger partial charge in [-0.3, -0.25) is 4.79 Å². The number of hydrogen-bond donors (Lipinski definition) is 1. The zero-order valence-electron chi connectivity index (χ0n) is 12.8. The van der Waals surface area contributed by atoms with Gasteiger partial charge in [0.25, 0.3) is 0 Å². The number of carbonyl (C=O) groups is 1. The van der Waals surface area contributed by atoms with Gasteiger partial charge in [0.2, 0.25) is 5.91 Å². The number of nitrogens with zero attached hydrogens (tertiary/aromatic N) is 3. The van der Waals surface area contributed by atoms with E-state index in [1.165, 1.54) is 11.8 Å². The first-order chi connectivity index (χ1) is 10.7. The van der Waals surface area contributed by atoms with Gasteiger partial charge in [0.15, 0.2) is 11.0 Å². The van der Waals surface area contributed by atoms with Gasteiger partial charge in [-0.1, -0.05) is 42.1 Å². The minimum absolute atomic E-state index is 0.0828. The summed E-state index contributed by atoms with van der Waals surface area (Å²) in [7, 11) is 0. The third-order valence-corrected chi connectivity index (χ3v) is 4.72. The van der Waals surface area contributed by atoms with E-state index in [1.54, 1.807) is 0 Å². The van der Waals surface area contributed by atoms with E-state index >= 15 is 0 Å². The van der Waals surface area contributed by atoms with Crippen LogP contribution in [0.5, 0.6) is 0 Å². The number of thioether (sulfide) groups is 1. The number of benzene rings is 1. The van der Waals surface area contributed by atoms with Gasteiger partial charge in [-0.05, 0) is 26.7 Å². The van der Waals surface area contributed by atoms with Crippen molar-refractivity contribution in [2.45, 2.75) is 49.7 Å². The molecule has 0 saturated heterocycles. The second kappa shape index (κ2) is 6.52. The number of rotatable bonds is 6. The van der Waals surface area contributed by atoms with Crippen LogP contribution in [0.25, 0.3) is 11.4 Å². The lowest BCUT2D eigenvalue weighted by Crippen LogP contribution is -2.32. The molecule has 0 bridgehead atoms. The predicted octanol–water partition coefficient (Wildman–Crippen LogP) is 2.72. The van der Waals surface area contributed by atoms with Crippen molar-refractivity contribution in [1.29, 1.82) is 0 Å². The number of hydrogen-bond acceptors (Lipinski definition) is 4. The van der Waals surface area contributed by atoms with Crippen molar-refractivity contribution in [3.05, 3.63) is 30.3 Å². The normalized spacial score (nSPS) is 15.5. The number of nitrogens with one attached hydrogen (secondary N) is 1. The number of aromatic nitrogens is 3. The summed E-state index contributed by atoms with van der Waals surface area (Å²) in [6.45, 7) is 4.75. The predicted molar refractivity (Wildman–Crippen MR) is 87.6 cm³/mol. The van der Waals surface area contributed by atoms with Crippen molar-refractivity contribution < 1.29 is 4.79 Å². The summed E-state index contributed by atoms with van der Waals surface area (Å²) in [6.07, 6.45) is 2.21. The molecule has 6 heteroatoms. The molecule has 116 valence electrons. The van der Waals surface area contributed by atoms with E-state index in [9.17, 15) is 4.79 Å². The lowest BCUT2D eigenvalue weighted by Gasteiger charge is -2.12. The molecular formula is C16H20N4OS. The Morgan fingerprint density at radius 1 is 1.36 bits per heavy atom. The van der Waals surface area contributed by atoms with E-state index in [4.69, 9.17) is 0 Å². The van der Waals surface area contributed by atoms with E-state index in [-0.39, 0.29) is 11.2 Å². The van der Waals surface area contributed by atoms with E-state index in [0.717, 1.165) is 35.9 Å². The van der Waals surface area contributed by atoms with Crippen LogP contribution in [0.2, 0.25) is 0 Å². The first-order valence-corrected chi connectivity index (χ1v) is 8.52. The van der Waals surface area contributed by atoms with Crippen LogP contribution < -0.4 is 5.32 Å². The second-order valence-electron chi connectivity index (χ2n) is 5.46. The van der Waals surface area contributed by atoms with Gasteiger partial charge in [-0.15, -0.1) is 10.2 Å². The van der Waals surface area contributed by atoms with Gasteiger partial charge in [0.1, 0.15) is 0 Å². The highest BCUT2D eigenvalue weighted by molar-refractivity contribution is 8.00. The fourth-order valence-corrected chi connectivity index (χ4v) is 3.14. The van der Waals surface area contributed by atoms with Crippen LogP contribution in [-0.2, 0) is 11.3 Å². The Kier molecular flexibility index (Phi) is 4.47. The summed E-state index contributed by atoms with van der Waals surface area (Å²) in [5.74, 6) is 0.930. The van der Waals surface area contributed by atoms with Crippen LogP contribution in [0, 0.1) is 0 Å². The smallest absolute Gasteiger partial charge is 0.233 e. The van der Waals surface area contributed by atoms with Gasteiger partial charge in [-0.25, -0.2) is 0 Å². The molecule has 3 rings (SSSR count). The molecule has 1 amide bonds. The number of carbonyl (C=O) groups excluding carboxylic acids is 1. The Morgan fingerprint density at radius 3 is 2.73 bits per heavy atom. The average molecular weight is 316 g/mol. The minimum Gasteiger partial charge on any atom is -0.352 e. The highest BCUT2D eigenvalue weighted by Gasteiger charge is 2.27. The summed E-state index contributed by atoms with van der Waals surface area (Å²) in [5.41, 5.74) is 1.04. The summed E-state index contributed by atoms with van der Waals surface area (Å²) in [5, 5.41) is 12.2. The molecule has 1 heterocycles. The molecule has 1 aromatic heterocycles. The molecule has 1 aromatic carbocycles.